The van der Waals surface area contributed by atoms with Crippen molar-refractivity contribution in [2.24, 2.45) is 5.92 Å². The van der Waals surface area contributed by atoms with Gasteiger partial charge in [-0.05, 0) is 52.0 Å². The number of hydrogen-bond donors (Lipinski definition) is 1. The van der Waals surface area contributed by atoms with E-state index in [1.165, 1.54) is 0 Å². The molecule has 1 N–H and O–H groups in total. The van der Waals surface area contributed by atoms with E-state index in [1.54, 1.807) is 20.8 Å². The predicted octanol–water partition coefficient (Wildman–Crippen LogP) is 4.79. The zero-order valence-electron chi connectivity index (χ0n) is 16.9. The fourth-order valence-electron chi connectivity index (χ4n) is 3.30. The number of cyclic esters (lactones) is 1. The van der Waals surface area contributed by atoms with Crippen molar-refractivity contribution in [3.05, 3.63) is 35.9 Å². The van der Waals surface area contributed by atoms with E-state index in [0.29, 0.717) is 6.42 Å². The van der Waals surface area contributed by atoms with E-state index in [2.05, 4.69) is 5.32 Å². The zero-order valence-corrected chi connectivity index (χ0v) is 16.9. The van der Waals surface area contributed by atoms with Crippen LogP contribution in [0.25, 0.3) is 0 Å². The Bertz CT molecular complexity index is 685. The summed E-state index contributed by atoms with van der Waals surface area (Å²) in [5, 5.41) is 2.77. The van der Waals surface area contributed by atoms with Crippen molar-refractivity contribution in [1.29, 1.82) is 0 Å². The Hall–Kier alpha value is -2.25. The highest BCUT2D eigenvalue weighted by Gasteiger charge is 2.40. The molecule has 0 unspecified atom stereocenters. The molecule has 3 atom stereocenters. The monoisotopic (exact) mass is 415 g/mol. The number of alkyl halides is 3. The lowest BCUT2D eigenvalue weighted by Gasteiger charge is -2.26. The van der Waals surface area contributed by atoms with Crippen molar-refractivity contribution in [1.82, 2.24) is 5.32 Å². The molecule has 2 rings (SSSR count). The van der Waals surface area contributed by atoms with Crippen LogP contribution in [0, 0.1) is 5.92 Å². The number of halogens is 3. The van der Waals surface area contributed by atoms with Gasteiger partial charge < -0.3 is 14.8 Å². The topological polar surface area (TPSA) is 64.6 Å². The summed E-state index contributed by atoms with van der Waals surface area (Å²) in [4.78, 5) is 24.4. The van der Waals surface area contributed by atoms with Gasteiger partial charge in [-0.1, -0.05) is 30.3 Å². The first kappa shape index (κ1) is 23.0. The van der Waals surface area contributed by atoms with Gasteiger partial charge in [0.1, 0.15) is 11.7 Å². The maximum atomic E-state index is 12.4. The van der Waals surface area contributed by atoms with Gasteiger partial charge in [-0.15, -0.1) is 0 Å². The zero-order chi connectivity index (χ0) is 21.7. The summed E-state index contributed by atoms with van der Waals surface area (Å²) in [5.41, 5.74) is 0.249. The second kappa shape index (κ2) is 9.50. The van der Waals surface area contributed by atoms with Crippen LogP contribution < -0.4 is 5.32 Å². The van der Waals surface area contributed by atoms with Crippen LogP contribution in [0.1, 0.15) is 52.0 Å². The van der Waals surface area contributed by atoms with Gasteiger partial charge in [0.05, 0.1) is 12.0 Å². The van der Waals surface area contributed by atoms with Gasteiger partial charge >= 0.3 is 18.2 Å². The number of amides is 1. The molecule has 5 nitrogen and oxygen atoms in total. The summed E-state index contributed by atoms with van der Waals surface area (Å²) >= 11 is 0. The van der Waals surface area contributed by atoms with Crippen molar-refractivity contribution < 1.29 is 32.2 Å². The molecule has 1 aliphatic heterocycles. The maximum Gasteiger partial charge on any atom is 0.408 e. The number of nitrogens with one attached hydrogen (secondary N) is 1. The van der Waals surface area contributed by atoms with E-state index in [-0.39, 0.29) is 19.3 Å². The van der Waals surface area contributed by atoms with Crippen molar-refractivity contribution in [2.75, 3.05) is 0 Å². The van der Waals surface area contributed by atoms with Crippen LogP contribution in [0.4, 0.5) is 18.0 Å². The Morgan fingerprint density at radius 3 is 2.48 bits per heavy atom. The first-order chi connectivity index (χ1) is 13.4. The van der Waals surface area contributed by atoms with E-state index in [0.717, 1.165) is 5.56 Å². The molecule has 29 heavy (non-hydrogen) atoms. The first-order valence-corrected chi connectivity index (χ1v) is 9.73. The van der Waals surface area contributed by atoms with Gasteiger partial charge in [-0.2, -0.15) is 13.2 Å². The van der Waals surface area contributed by atoms with Crippen LogP contribution in [-0.4, -0.2) is 36.0 Å². The van der Waals surface area contributed by atoms with Crippen LogP contribution in [0.3, 0.4) is 0 Å². The predicted molar refractivity (Wildman–Crippen MR) is 101 cm³/mol. The van der Waals surface area contributed by atoms with Crippen LogP contribution in [0.5, 0.6) is 0 Å². The fraction of sp³-hybridized carbons (Fsp3) is 0.619. The Morgan fingerprint density at radius 1 is 1.24 bits per heavy atom. The van der Waals surface area contributed by atoms with Crippen LogP contribution in [0.2, 0.25) is 0 Å². The Kier molecular flexibility index (Phi) is 7.54. The average Bonchev–Trinajstić information content (AvgIpc) is 2.93. The van der Waals surface area contributed by atoms with Gasteiger partial charge in [0.15, 0.2) is 0 Å². The lowest BCUT2D eigenvalue weighted by atomic mass is 9.93. The van der Waals surface area contributed by atoms with E-state index in [1.807, 2.05) is 30.3 Å². The lowest BCUT2D eigenvalue weighted by molar-refractivity contribution is -0.147. The molecule has 0 aliphatic carbocycles. The number of esters is 1. The molecule has 0 aromatic heterocycles. The quantitative estimate of drug-likeness (QED) is 0.651. The lowest BCUT2D eigenvalue weighted by Crippen LogP contribution is -2.46. The molecule has 1 saturated heterocycles. The normalized spacial score (nSPS) is 20.8. The number of alkyl carbamates (subject to hydrolysis) is 1. The molecule has 0 spiro atoms. The van der Waals surface area contributed by atoms with Gasteiger partial charge in [0.25, 0.3) is 0 Å². The summed E-state index contributed by atoms with van der Waals surface area (Å²) < 4.78 is 47.9. The van der Waals surface area contributed by atoms with E-state index >= 15 is 0 Å². The number of rotatable bonds is 7. The minimum Gasteiger partial charge on any atom is -0.460 e. The van der Waals surface area contributed by atoms with E-state index in [4.69, 9.17) is 9.47 Å². The molecule has 0 saturated carbocycles. The number of benzene rings is 1. The number of carbonyl (C=O) groups is 2. The summed E-state index contributed by atoms with van der Waals surface area (Å²) in [6.07, 6.45) is -5.75. The second-order valence-electron chi connectivity index (χ2n) is 8.36. The third-order valence-electron chi connectivity index (χ3n) is 4.58. The van der Waals surface area contributed by atoms with Crippen molar-refractivity contribution >= 4 is 12.1 Å². The fourth-order valence-corrected chi connectivity index (χ4v) is 3.30. The Labute approximate surface area is 168 Å². The standard InChI is InChI=1S/C21H28F3NO4/c1-20(2,3)29-19(27)25-16(12-14-8-5-4-6-9-14)17-13-15(18(26)28-17)10-7-11-21(22,23)24/h4-6,8-9,15-17H,7,10-13H2,1-3H3,(H,25,27)/t15-,16+,17+/m1/s1. The van der Waals surface area contributed by atoms with Gasteiger partial charge in [0, 0.05) is 6.42 Å². The molecule has 1 aromatic rings. The summed E-state index contributed by atoms with van der Waals surface area (Å²) in [5.74, 6) is -1.11. The summed E-state index contributed by atoms with van der Waals surface area (Å²) in [6.45, 7) is 5.22. The van der Waals surface area contributed by atoms with Gasteiger partial charge in [-0.3, -0.25) is 4.79 Å². The molecule has 1 aromatic carbocycles. The van der Waals surface area contributed by atoms with Gasteiger partial charge in [0.2, 0.25) is 0 Å². The van der Waals surface area contributed by atoms with Gasteiger partial charge in [-0.25, -0.2) is 4.79 Å². The first-order valence-electron chi connectivity index (χ1n) is 9.73. The summed E-state index contributed by atoms with van der Waals surface area (Å²) in [6, 6.07) is 8.83. The van der Waals surface area contributed by atoms with Crippen molar-refractivity contribution in [2.45, 2.75) is 76.8 Å². The summed E-state index contributed by atoms with van der Waals surface area (Å²) in [7, 11) is 0. The average molecular weight is 415 g/mol. The molecule has 8 heteroatoms. The van der Waals surface area contributed by atoms with Crippen LogP contribution in [0.15, 0.2) is 30.3 Å². The molecule has 162 valence electrons. The molecule has 1 aliphatic rings. The third-order valence-corrected chi connectivity index (χ3v) is 4.58. The minimum absolute atomic E-state index is 0.110. The number of hydrogen-bond acceptors (Lipinski definition) is 4. The molecular weight excluding hydrogens is 387 g/mol. The molecule has 1 fully saturated rings. The third kappa shape index (κ3) is 8.33. The smallest absolute Gasteiger partial charge is 0.408 e. The Balaban J connectivity index is 2.03. The highest BCUT2D eigenvalue weighted by Crippen LogP contribution is 2.31. The SMILES string of the molecule is CC(C)(C)OC(=O)N[C@@H](Cc1ccccc1)[C@@H]1C[C@@H](CCCC(F)(F)F)C(=O)O1. The largest absolute Gasteiger partial charge is 0.460 e. The minimum atomic E-state index is -4.24. The molecule has 1 heterocycles. The molecular formula is C21H28F3NO4. The van der Waals surface area contributed by atoms with Crippen LogP contribution >= 0.6 is 0 Å². The second-order valence-corrected chi connectivity index (χ2v) is 8.36. The van der Waals surface area contributed by atoms with E-state index < -0.39 is 48.3 Å². The van der Waals surface area contributed by atoms with Crippen molar-refractivity contribution in [3.63, 3.8) is 0 Å². The van der Waals surface area contributed by atoms with Crippen LogP contribution in [-0.2, 0) is 20.7 Å². The highest BCUT2D eigenvalue weighted by molar-refractivity contribution is 5.75. The van der Waals surface area contributed by atoms with E-state index in [9.17, 15) is 22.8 Å². The number of ether oxygens (including phenoxy) is 2. The number of carbonyl (C=O) groups excluding carboxylic acids is 2. The Morgan fingerprint density at radius 2 is 1.90 bits per heavy atom. The molecule has 0 bridgehead atoms. The highest BCUT2D eigenvalue weighted by atomic mass is 19.4. The van der Waals surface area contributed by atoms with Crippen molar-refractivity contribution in [3.8, 4) is 0 Å². The maximum absolute atomic E-state index is 12.4. The molecule has 0 radical (unpaired) electrons. The molecule has 1 amide bonds.